The van der Waals surface area contributed by atoms with E-state index in [9.17, 15) is 22.4 Å². The highest BCUT2D eigenvalue weighted by Gasteiger charge is 2.30. The number of H-pyrrole nitrogens is 1. The van der Waals surface area contributed by atoms with E-state index in [4.69, 9.17) is 0 Å². The highest BCUT2D eigenvalue weighted by molar-refractivity contribution is 6.07. The Bertz CT molecular complexity index is 1240. The smallest absolute Gasteiger partial charge is 0.365 e. The number of amides is 1. The van der Waals surface area contributed by atoms with Crippen molar-refractivity contribution in [3.05, 3.63) is 77.5 Å². The second-order valence-electron chi connectivity index (χ2n) is 6.53. The minimum absolute atomic E-state index is 0.0996. The average molecular weight is 430 g/mol. The Morgan fingerprint density at radius 1 is 1.06 bits per heavy atom. The number of fused-ring (bicyclic) bond motifs is 1. The van der Waals surface area contributed by atoms with Gasteiger partial charge in [0, 0.05) is 23.8 Å². The van der Waals surface area contributed by atoms with Crippen LogP contribution in [0.1, 0.15) is 21.5 Å². The van der Waals surface area contributed by atoms with Gasteiger partial charge in [0.25, 0.3) is 5.91 Å². The molecule has 0 fully saturated rings. The number of rotatable bonds is 5. The first-order chi connectivity index (χ1) is 14.8. The molecule has 7 nitrogen and oxygen atoms in total. The monoisotopic (exact) mass is 430 g/mol. The molecule has 0 unspecified atom stereocenters. The molecule has 1 amide bonds. The second kappa shape index (κ2) is 8.01. The van der Waals surface area contributed by atoms with Gasteiger partial charge in [-0.05, 0) is 42.0 Å². The Morgan fingerprint density at radius 3 is 2.58 bits per heavy atom. The molecule has 158 valence electrons. The molecule has 0 bridgehead atoms. The molecule has 1 aromatic carbocycles. The van der Waals surface area contributed by atoms with Crippen LogP contribution in [-0.2, 0) is 12.7 Å². The summed E-state index contributed by atoms with van der Waals surface area (Å²) < 4.78 is 51.8. The zero-order valence-corrected chi connectivity index (χ0v) is 15.7. The first-order valence-corrected chi connectivity index (χ1v) is 8.96. The predicted octanol–water partition coefficient (Wildman–Crippen LogP) is 4.38. The summed E-state index contributed by atoms with van der Waals surface area (Å²) in [5.41, 5.74) is 0.591. The minimum atomic E-state index is -4.49. The van der Waals surface area contributed by atoms with Gasteiger partial charge >= 0.3 is 6.18 Å². The Kier molecular flexibility index (Phi) is 5.24. The van der Waals surface area contributed by atoms with Crippen LogP contribution < -0.4 is 10.6 Å². The minimum Gasteiger partial charge on any atom is -0.365 e. The normalized spacial score (nSPS) is 11.5. The fourth-order valence-electron chi connectivity index (χ4n) is 2.93. The van der Waals surface area contributed by atoms with Crippen molar-refractivity contribution >= 4 is 28.4 Å². The molecule has 0 aliphatic heterocycles. The lowest BCUT2D eigenvalue weighted by atomic mass is 10.1. The third-order valence-electron chi connectivity index (χ3n) is 4.46. The zero-order valence-electron chi connectivity index (χ0n) is 15.7. The summed E-state index contributed by atoms with van der Waals surface area (Å²) in [7, 11) is 0. The Hall–Kier alpha value is -4.02. The van der Waals surface area contributed by atoms with Crippen LogP contribution in [0.4, 0.5) is 29.1 Å². The first kappa shape index (κ1) is 20.3. The number of nitrogens with zero attached hydrogens (tertiary/aromatic N) is 3. The molecule has 31 heavy (non-hydrogen) atoms. The van der Waals surface area contributed by atoms with Crippen LogP contribution in [0.25, 0.3) is 11.0 Å². The fraction of sp³-hybridized carbons (Fsp3) is 0.100. The van der Waals surface area contributed by atoms with Gasteiger partial charge in [0.2, 0.25) is 0 Å². The van der Waals surface area contributed by atoms with Crippen molar-refractivity contribution < 1.29 is 22.4 Å². The van der Waals surface area contributed by atoms with Gasteiger partial charge in [0.1, 0.15) is 11.6 Å². The van der Waals surface area contributed by atoms with Gasteiger partial charge < -0.3 is 10.6 Å². The lowest BCUT2D eigenvalue weighted by molar-refractivity contribution is -0.137. The van der Waals surface area contributed by atoms with E-state index in [1.807, 2.05) is 0 Å². The van der Waals surface area contributed by atoms with Crippen molar-refractivity contribution in [2.24, 2.45) is 0 Å². The van der Waals surface area contributed by atoms with Gasteiger partial charge in [0.05, 0.1) is 23.5 Å². The number of carbonyl (C=O) groups is 1. The number of halogens is 4. The van der Waals surface area contributed by atoms with Gasteiger partial charge in [-0.25, -0.2) is 14.4 Å². The highest BCUT2D eigenvalue weighted by Crippen LogP contribution is 2.30. The van der Waals surface area contributed by atoms with Gasteiger partial charge in [-0.1, -0.05) is 0 Å². The molecule has 4 aromatic rings. The quantitative estimate of drug-likeness (QED) is 0.409. The van der Waals surface area contributed by atoms with Crippen molar-refractivity contribution in [1.82, 2.24) is 20.2 Å². The second-order valence-corrected chi connectivity index (χ2v) is 6.53. The molecule has 0 radical (unpaired) electrons. The van der Waals surface area contributed by atoms with Gasteiger partial charge in [-0.2, -0.15) is 18.3 Å². The van der Waals surface area contributed by atoms with Crippen molar-refractivity contribution in [2.75, 3.05) is 10.6 Å². The summed E-state index contributed by atoms with van der Waals surface area (Å²) in [6.07, 6.45) is -0.333. The van der Waals surface area contributed by atoms with Crippen molar-refractivity contribution in [1.29, 1.82) is 0 Å². The molecule has 0 spiro atoms. The van der Waals surface area contributed by atoms with E-state index in [-0.39, 0.29) is 23.6 Å². The first-order valence-electron chi connectivity index (χ1n) is 8.96. The van der Waals surface area contributed by atoms with Crippen LogP contribution in [0.15, 0.2) is 55.0 Å². The van der Waals surface area contributed by atoms with E-state index in [1.165, 1.54) is 0 Å². The summed E-state index contributed by atoms with van der Waals surface area (Å²) in [5, 5.41) is 12.9. The van der Waals surface area contributed by atoms with Crippen LogP contribution in [0.3, 0.4) is 0 Å². The van der Waals surface area contributed by atoms with Crippen molar-refractivity contribution in [2.45, 2.75) is 12.7 Å². The van der Waals surface area contributed by atoms with Gasteiger partial charge in [-0.3, -0.25) is 9.89 Å². The van der Waals surface area contributed by atoms with Crippen LogP contribution in [0.2, 0.25) is 0 Å². The van der Waals surface area contributed by atoms with Crippen LogP contribution in [0.5, 0.6) is 0 Å². The van der Waals surface area contributed by atoms with E-state index in [1.54, 1.807) is 18.5 Å². The molecule has 3 heterocycles. The molecular formula is C20H14F4N6O. The summed E-state index contributed by atoms with van der Waals surface area (Å²) in [4.78, 5) is 20.7. The van der Waals surface area contributed by atoms with Crippen LogP contribution in [-0.4, -0.2) is 26.1 Å². The Labute approximate surface area is 172 Å². The number of nitrogens with one attached hydrogen (secondary N) is 3. The predicted molar refractivity (Wildman–Crippen MR) is 105 cm³/mol. The average Bonchev–Trinajstić information content (AvgIpc) is 3.22. The number of benzene rings is 1. The van der Waals surface area contributed by atoms with E-state index in [2.05, 4.69) is 30.8 Å². The molecule has 0 saturated heterocycles. The third-order valence-corrected chi connectivity index (χ3v) is 4.46. The number of hydrogen-bond acceptors (Lipinski definition) is 5. The number of pyridine rings is 2. The summed E-state index contributed by atoms with van der Waals surface area (Å²) in [5.74, 6) is -1.35. The van der Waals surface area contributed by atoms with Crippen molar-refractivity contribution in [3.63, 3.8) is 0 Å². The molecule has 0 saturated carbocycles. The molecule has 4 rings (SSSR count). The number of aromatic nitrogens is 4. The molecule has 0 aliphatic carbocycles. The Morgan fingerprint density at radius 2 is 1.84 bits per heavy atom. The molecule has 3 N–H and O–H groups in total. The fourth-order valence-corrected chi connectivity index (χ4v) is 2.93. The maximum Gasteiger partial charge on any atom is 0.416 e. The maximum absolute atomic E-state index is 13.7. The van der Waals surface area contributed by atoms with Crippen LogP contribution >= 0.6 is 0 Å². The number of carbonyl (C=O) groups excluding carboxylic acids is 1. The van der Waals surface area contributed by atoms with Gasteiger partial charge in [-0.15, -0.1) is 0 Å². The van der Waals surface area contributed by atoms with E-state index in [0.717, 1.165) is 47.5 Å². The highest BCUT2D eigenvalue weighted by atomic mass is 19.4. The van der Waals surface area contributed by atoms with E-state index >= 15 is 0 Å². The number of anilines is 2. The number of hydrogen-bond donors (Lipinski definition) is 3. The summed E-state index contributed by atoms with van der Waals surface area (Å²) in [6.45, 7) is 0.248. The number of alkyl halides is 3. The Balaban J connectivity index is 1.53. The molecule has 0 atom stereocenters. The molecule has 3 aromatic heterocycles. The third kappa shape index (κ3) is 4.44. The van der Waals surface area contributed by atoms with E-state index in [0.29, 0.717) is 5.65 Å². The standard InChI is InChI=1S/C20H14F4N6O/c21-13-7-15(19(31)29-14-3-1-12(2-4-14)20(22,23)24)17(27-9-13)26-8-11-5-6-25-18-16(11)10-28-30-18/h1-7,9-10H,8H2,(H,26,27)(H,29,31)(H,25,28,30). The zero-order chi connectivity index (χ0) is 22.0. The lowest BCUT2D eigenvalue weighted by Gasteiger charge is -2.13. The number of aromatic amines is 1. The van der Waals surface area contributed by atoms with Crippen molar-refractivity contribution in [3.8, 4) is 0 Å². The molecule has 0 aliphatic rings. The largest absolute Gasteiger partial charge is 0.416 e. The maximum atomic E-state index is 13.7. The van der Waals surface area contributed by atoms with Crippen LogP contribution in [0, 0.1) is 5.82 Å². The SMILES string of the molecule is O=C(Nc1ccc(C(F)(F)F)cc1)c1cc(F)cnc1NCc1ccnc2[nH]ncc12. The summed E-state index contributed by atoms with van der Waals surface area (Å²) >= 11 is 0. The van der Waals surface area contributed by atoms with Gasteiger partial charge in [0.15, 0.2) is 5.65 Å². The lowest BCUT2D eigenvalue weighted by Crippen LogP contribution is -2.16. The topological polar surface area (TPSA) is 95.6 Å². The molecular weight excluding hydrogens is 416 g/mol. The molecule has 11 heteroatoms. The summed E-state index contributed by atoms with van der Waals surface area (Å²) in [6, 6.07) is 6.68. The van der Waals surface area contributed by atoms with E-state index < -0.39 is 23.5 Å².